The summed E-state index contributed by atoms with van der Waals surface area (Å²) in [4.78, 5) is 8.63. The molecule has 8 heteroatoms. The maximum atomic E-state index is 11.5. The van der Waals surface area contributed by atoms with Gasteiger partial charge in [-0.15, -0.1) is 0 Å². The van der Waals surface area contributed by atoms with E-state index >= 15 is 0 Å². The highest BCUT2D eigenvalue weighted by Crippen LogP contribution is 2.52. The highest BCUT2D eigenvalue weighted by atomic mass is 35.5. The van der Waals surface area contributed by atoms with Crippen molar-refractivity contribution in [1.29, 1.82) is 0 Å². The molecule has 5 nitrogen and oxygen atoms in total. The minimum absolute atomic E-state index is 0.142. The van der Waals surface area contributed by atoms with Crippen LogP contribution in [0.2, 0.25) is 5.02 Å². The van der Waals surface area contributed by atoms with Gasteiger partial charge in [0.1, 0.15) is 0 Å². The SMILES string of the molecule is O=S(=O)(O)CCC(c1ncccc1Cl)N1c2ccccc2Sc2ccccc21. The number of fused-ring (bicyclic) bond motifs is 2. The number of halogens is 1. The third kappa shape index (κ3) is 3.89. The fraction of sp³-hybridized carbons (Fsp3) is 0.150. The molecule has 1 N–H and O–H groups in total. The fourth-order valence-corrected chi connectivity index (χ4v) is 5.20. The van der Waals surface area contributed by atoms with Gasteiger partial charge in [0, 0.05) is 16.0 Å². The van der Waals surface area contributed by atoms with Gasteiger partial charge in [-0.25, -0.2) is 0 Å². The molecule has 1 aliphatic heterocycles. The average molecular weight is 433 g/mol. The number of benzene rings is 2. The summed E-state index contributed by atoms with van der Waals surface area (Å²) in [6.07, 6.45) is 1.78. The topological polar surface area (TPSA) is 70.5 Å². The Morgan fingerprint density at radius 2 is 1.61 bits per heavy atom. The molecule has 0 bridgehead atoms. The zero-order chi connectivity index (χ0) is 19.7. The lowest BCUT2D eigenvalue weighted by atomic mass is 10.0. The van der Waals surface area contributed by atoms with E-state index in [9.17, 15) is 13.0 Å². The third-order valence-electron chi connectivity index (χ3n) is 4.53. The Morgan fingerprint density at radius 1 is 1.00 bits per heavy atom. The summed E-state index contributed by atoms with van der Waals surface area (Å²) >= 11 is 8.10. The van der Waals surface area contributed by atoms with Crippen LogP contribution in [0, 0.1) is 0 Å². The lowest BCUT2D eigenvalue weighted by molar-refractivity contribution is 0.476. The van der Waals surface area contributed by atoms with Crippen molar-refractivity contribution in [3.05, 3.63) is 77.6 Å². The van der Waals surface area contributed by atoms with Crippen LogP contribution in [0.5, 0.6) is 0 Å². The molecule has 1 atom stereocenters. The summed E-state index contributed by atoms with van der Waals surface area (Å²) in [7, 11) is -4.14. The second kappa shape index (κ2) is 7.75. The maximum Gasteiger partial charge on any atom is 0.264 e. The molecule has 0 fully saturated rings. The summed E-state index contributed by atoms with van der Waals surface area (Å²) in [5, 5.41) is 0.455. The largest absolute Gasteiger partial charge is 0.330 e. The molecular formula is C20H17ClN2O3S2. The van der Waals surface area contributed by atoms with Gasteiger partial charge in [-0.2, -0.15) is 8.42 Å². The summed E-state index contributed by atoms with van der Waals surface area (Å²) < 4.78 is 32.4. The quantitative estimate of drug-likeness (QED) is 0.547. The predicted octanol–water partition coefficient (Wildman–Crippen LogP) is 5.36. The van der Waals surface area contributed by atoms with Crippen LogP contribution in [0.4, 0.5) is 11.4 Å². The van der Waals surface area contributed by atoms with E-state index in [2.05, 4.69) is 9.88 Å². The van der Waals surface area contributed by atoms with Crippen LogP contribution in [0.3, 0.4) is 0 Å². The molecule has 2 aromatic carbocycles. The van der Waals surface area contributed by atoms with Crippen molar-refractivity contribution in [3.63, 3.8) is 0 Å². The standard InChI is InChI=1S/C20H17ClN2O3S2/c21-14-6-5-12-22-20(14)17(11-13-28(24,25)26)23-15-7-1-3-9-18(15)27-19-10-4-2-8-16(19)23/h1-10,12,17H,11,13H2,(H,24,25,26). The summed E-state index contributed by atoms with van der Waals surface area (Å²) in [6, 6.07) is 18.9. The maximum absolute atomic E-state index is 11.5. The van der Waals surface area contributed by atoms with Gasteiger partial charge in [0.2, 0.25) is 0 Å². The Hall–Kier alpha value is -2.06. The molecule has 0 spiro atoms. The van der Waals surface area contributed by atoms with Crippen molar-refractivity contribution in [2.45, 2.75) is 22.3 Å². The Kier molecular flexibility index (Phi) is 5.33. The molecule has 0 radical (unpaired) electrons. The predicted molar refractivity (Wildman–Crippen MR) is 112 cm³/mol. The van der Waals surface area contributed by atoms with Crippen LogP contribution in [0.1, 0.15) is 18.2 Å². The molecule has 1 aliphatic rings. The summed E-state index contributed by atoms with van der Waals surface area (Å²) in [5.41, 5.74) is 2.48. The van der Waals surface area contributed by atoms with Gasteiger partial charge in [0.15, 0.2) is 0 Å². The number of hydrogen-bond acceptors (Lipinski definition) is 5. The Labute approximate surface area is 173 Å². The van der Waals surface area contributed by atoms with Crippen LogP contribution in [-0.4, -0.2) is 23.7 Å². The molecule has 0 amide bonds. The van der Waals surface area contributed by atoms with Gasteiger partial charge in [-0.05, 0) is 42.8 Å². The first-order chi connectivity index (χ1) is 13.4. The van der Waals surface area contributed by atoms with Crippen molar-refractivity contribution >= 4 is 44.9 Å². The number of aromatic nitrogens is 1. The minimum atomic E-state index is -4.14. The van der Waals surface area contributed by atoms with Crippen LogP contribution < -0.4 is 4.90 Å². The van der Waals surface area contributed by atoms with E-state index in [1.165, 1.54) is 0 Å². The lowest BCUT2D eigenvalue weighted by Gasteiger charge is -2.38. The van der Waals surface area contributed by atoms with Crippen molar-refractivity contribution in [2.75, 3.05) is 10.7 Å². The van der Waals surface area contributed by atoms with E-state index in [0.29, 0.717) is 10.7 Å². The number of pyridine rings is 1. The second-order valence-electron chi connectivity index (χ2n) is 6.37. The highest BCUT2D eigenvalue weighted by molar-refractivity contribution is 7.99. The molecule has 1 aromatic heterocycles. The van der Waals surface area contributed by atoms with Gasteiger partial charge in [0.25, 0.3) is 10.1 Å². The zero-order valence-electron chi connectivity index (χ0n) is 14.7. The molecule has 144 valence electrons. The van der Waals surface area contributed by atoms with Crippen LogP contribution >= 0.6 is 23.4 Å². The Morgan fingerprint density at radius 3 is 2.18 bits per heavy atom. The smallest absolute Gasteiger partial charge is 0.264 e. The zero-order valence-corrected chi connectivity index (χ0v) is 17.1. The normalized spacial score (nSPS) is 14.3. The molecule has 0 aliphatic carbocycles. The van der Waals surface area contributed by atoms with E-state index in [-0.39, 0.29) is 6.42 Å². The van der Waals surface area contributed by atoms with E-state index in [1.807, 2.05) is 48.5 Å². The van der Waals surface area contributed by atoms with Gasteiger partial charge < -0.3 is 4.90 Å². The number of nitrogens with zero attached hydrogens (tertiary/aromatic N) is 2. The van der Waals surface area contributed by atoms with Crippen molar-refractivity contribution < 1.29 is 13.0 Å². The first-order valence-corrected chi connectivity index (χ1v) is 11.4. The van der Waals surface area contributed by atoms with Crippen LogP contribution in [0.25, 0.3) is 0 Å². The average Bonchev–Trinajstić information content (AvgIpc) is 2.67. The number of rotatable bonds is 5. The minimum Gasteiger partial charge on any atom is -0.330 e. The molecule has 0 saturated heterocycles. The molecule has 2 heterocycles. The van der Waals surface area contributed by atoms with Crippen LogP contribution in [0.15, 0.2) is 76.7 Å². The summed E-state index contributed by atoms with van der Waals surface area (Å²) in [6.45, 7) is 0. The van der Waals surface area contributed by atoms with Crippen molar-refractivity contribution in [2.24, 2.45) is 0 Å². The Balaban J connectivity index is 1.89. The van der Waals surface area contributed by atoms with Gasteiger partial charge >= 0.3 is 0 Å². The van der Waals surface area contributed by atoms with Crippen molar-refractivity contribution in [1.82, 2.24) is 4.98 Å². The van der Waals surface area contributed by atoms with Gasteiger partial charge in [-0.3, -0.25) is 9.54 Å². The number of para-hydroxylation sites is 2. The number of anilines is 2. The summed E-state index contributed by atoms with van der Waals surface area (Å²) in [5.74, 6) is -0.390. The number of hydrogen-bond donors (Lipinski definition) is 1. The lowest BCUT2D eigenvalue weighted by Crippen LogP contribution is -2.29. The van der Waals surface area contributed by atoms with Gasteiger partial charge in [-0.1, -0.05) is 47.6 Å². The van der Waals surface area contributed by atoms with E-state index in [4.69, 9.17) is 11.6 Å². The molecule has 4 rings (SSSR count). The Bertz CT molecular complexity index is 1080. The molecule has 3 aromatic rings. The van der Waals surface area contributed by atoms with Crippen molar-refractivity contribution in [3.8, 4) is 0 Å². The first kappa shape index (κ1) is 19.3. The second-order valence-corrected chi connectivity index (χ2v) is 9.43. The first-order valence-electron chi connectivity index (χ1n) is 8.65. The monoisotopic (exact) mass is 432 g/mol. The fourth-order valence-electron chi connectivity index (χ4n) is 3.36. The molecule has 1 unspecified atom stereocenters. The van der Waals surface area contributed by atoms with E-state index < -0.39 is 21.9 Å². The molecule has 28 heavy (non-hydrogen) atoms. The molecule has 0 saturated carbocycles. The third-order valence-corrected chi connectivity index (χ3v) is 6.73. The van der Waals surface area contributed by atoms with Crippen LogP contribution in [-0.2, 0) is 10.1 Å². The van der Waals surface area contributed by atoms with E-state index in [0.717, 1.165) is 21.2 Å². The highest BCUT2D eigenvalue weighted by Gasteiger charge is 2.32. The van der Waals surface area contributed by atoms with Gasteiger partial charge in [0.05, 0.1) is 33.9 Å². The van der Waals surface area contributed by atoms with E-state index in [1.54, 1.807) is 30.1 Å². The molecular weight excluding hydrogens is 416 g/mol.